The maximum atomic E-state index is 11.5. The number of piperidine rings is 1. The van der Waals surface area contributed by atoms with Gasteiger partial charge in [0.05, 0.1) is 7.11 Å². The second-order valence-electron chi connectivity index (χ2n) is 7.02. The van der Waals surface area contributed by atoms with E-state index in [4.69, 9.17) is 4.74 Å². The van der Waals surface area contributed by atoms with Crippen LogP contribution in [0.1, 0.15) is 57.8 Å². The zero-order valence-corrected chi connectivity index (χ0v) is 18.1. The van der Waals surface area contributed by atoms with Crippen LogP contribution < -0.4 is 10.6 Å². The van der Waals surface area contributed by atoms with E-state index < -0.39 is 0 Å². The minimum Gasteiger partial charge on any atom is -0.453 e. The minimum atomic E-state index is -0.224. The summed E-state index contributed by atoms with van der Waals surface area (Å²) >= 11 is 0. The Kier molecular flexibility index (Phi) is 11.2. The predicted octanol–water partition coefficient (Wildman–Crippen LogP) is 3.36. The van der Waals surface area contributed by atoms with Crippen LogP contribution in [-0.4, -0.2) is 56.8 Å². The molecule has 2 N–H and O–H groups in total. The number of nitrogens with zero attached hydrogens (tertiary/aromatic N) is 2. The summed E-state index contributed by atoms with van der Waals surface area (Å²) in [6, 6.07) is 0.371. The van der Waals surface area contributed by atoms with Crippen molar-refractivity contribution < 1.29 is 9.53 Å². The Bertz CT molecular complexity index is 406. The van der Waals surface area contributed by atoms with Gasteiger partial charge >= 0.3 is 6.09 Å². The number of ether oxygens (including phenoxy) is 1. The Morgan fingerprint density at radius 1 is 1.16 bits per heavy atom. The minimum absolute atomic E-state index is 0. The first-order valence-corrected chi connectivity index (χ1v) is 9.53. The summed E-state index contributed by atoms with van der Waals surface area (Å²) in [5, 5.41) is 6.90. The van der Waals surface area contributed by atoms with E-state index in [1.54, 1.807) is 4.90 Å². The quantitative estimate of drug-likeness (QED) is 0.273. The van der Waals surface area contributed by atoms with Gasteiger partial charge in [-0.3, -0.25) is 4.99 Å². The average molecular weight is 466 g/mol. The molecule has 1 aliphatic heterocycles. The van der Waals surface area contributed by atoms with Crippen molar-refractivity contribution in [2.75, 3.05) is 33.8 Å². The molecule has 1 saturated heterocycles. The van der Waals surface area contributed by atoms with Crippen molar-refractivity contribution in [2.24, 2.45) is 10.9 Å². The Morgan fingerprint density at radius 2 is 1.84 bits per heavy atom. The predicted molar refractivity (Wildman–Crippen MR) is 113 cm³/mol. The molecular formula is C18H35IN4O2. The first-order chi connectivity index (χ1) is 11.7. The number of rotatable bonds is 6. The first kappa shape index (κ1) is 22.3. The highest BCUT2D eigenvalue weighted by molar-refractivity contribution is 14.0. The highest BCUT2D eigenvalue weighted by Gasteiger charge is 2.23. The average Bonchev–Trinajstić information content (AvgIpc) is 3.13. The molecular weight excluding hydrogens is 431 g/mol. The Morgan fingerprint density at radius 3 is 2.44 bits per heavy atom. The number of aliphatic imine (C=N–C) groups is 1. The van der Waals surface area contributed by atoms with Gasteiger partial charge in [-0.05, 0) is 25.2 Å². The molecule has 6 nitrogen and oxygen atoms in total. The Hall–Kier alpha value is -0.730. The van der Waals surface area contributed by atoms with Crippen LogP contribution in [-0.2, 0) is 4.74 Å². The van der Waals surface area contributed by atoms with E-state index in [0.717, 1.165) is 44.4 Å². The van der Waals surface area contributed by atoms with Crippen LogP contribution in [0.5, 0.6) is 0 Å². The molecule has 0 aromatic carbocycles. The molecule has 1 amide bonds. The molecule has 2 aliphatic rings. The molecule has 0 atom stereocenters. The van der Waals surface area contributed by atoms with Gasteiger partial charge in [-0.15, -0.1) is 24.0 Å². The van der Waals surface area contributed by atoms with Crippen LogP contribution in [0.3, 0.4) is 0 Å². The molecule has 0 aromatic heterocycles. The lowest BCUT2D eigenvalue weighted by molar-refractivity contribution is 0.111. The second-order valence-corrected chi connectivity index (χ2v) is 7.02. The number of carbonyl (C=O) groups excluding carboxylic acids is 1. The molecule has 7 heteroatoms. The maximum absolute atomic E-state index is 11.5. The molecule has 0 bridgehead atoms. The van der Waals surface area contributed by atoms with Crippen molar-refractivity contribution in [1.82, 2.24) is 15.5 Å². The smallest absolute Gasteiger partial charge is 0.409 e. The van der Waals surface area contributed by atoms with Gasteiger partial charge in [0.25, 0.3) is 0 Å². The second kappa shape index (κ2) is 12.6. The largest absolute Gasteiger partial charge is 0.453 e. The lowest BCUT2D eigenvalue weighted by atomic mass is 10.0. The third kappa shape index (κ3) is 8.00. The third-order valence-corrected chi connectivity index (χ3v) is 5.30. The third-order valence-electron chi connectivity index (χ3n) is 5.30. The van der Waals surface area contributed by atoms with Crippen molar-refractivity contribution >= 4 is 36.0 Å². The molecule has 0 radical (unpaired) electrons. The zero-order valence-electron chi connectivity index (χ0n) is 15.8. The van der Waals surface area contributed by atoms with Crippen molar-refractivity contribution in [3.05, 3.63) is 0 Å². The molecule has 0 unspecified atom stereocenters. The van der Waals surface area contributed by atoms with Crippen LogP contribution in [0, 0.1) is 5.92 Å². The summed E-state index contributed by atoms with van der Waals surface area (Å²) in [7, 11) is 3.25. The van der Waals surface area contributed by atoms with Gasteiger partial charge in [-0.25, -0.2) is 4.79 Å². The summed E-state index contributed by atoms with van der Waals surface area (Å²) in [4.78, 5) is 17.6. The molecule has 1 saturated carbocycles. The summed E-state index contributed by atoms with van der Waals surface area (Å²) in [6.45, 7) is 2.46. The molecule has 1 heterocycles. The van der Waals surface area contributed by atoms with E-state index in [-0.39, 0.29) is 30.1 Å². The number of amides is 1. The van der Waals surface area contributed by atoms with Crippen LogP contribution in [0.4, 0.5) is 4.79 Å². The fourth-order valence-electron chi connectivity index (χ4n) is 3.79. The first-order valence-electron chi connectivity index (χ1n) is 9.53. The molecule has 0 aromatic rings. The normalized spacial score (nSPS) is 19.4. The summed E-state index contributed by atoms with van der Waals surface area (Å²) < 4.78 is 4.77. The standard InChI is InChI=1S/C18H34N4O2.HI/c1-19-17(20-12-6-5-9-15-7-3-4-8-15)21-16-10-13-22(14-11-16)18(23)24-2;/h15-16H,3-14H2,1-2H3,(H2,19,20,21);1H. The monoisotopic (exact) mass is 466 g/mol. The van der Waals surface area contributed by atoms with E-state index in [2.05, 4.69) is 15.6 Å². The van der Waals surface area contributed by atoms with E-state index in [9.17, 15) is 4.79 Å². The number of hydrogen-bond acceptors (Lipinski definition) is 3. The van der Waals surface area contributed by atoms with Gasteiger partial charge in [-0.1, -0.05) is 38.5 Å². The highest BCUT2D eigenvalue weighted by atomic mass is 127. The van der Waals surface area contributed by atoms with Crippen LogP contribution in [0.15, 0.2) is 4.99 Å². The number of unbranched alkanes of at least 4 members (excludes halogenated alkanes) is 1. The molecule has 2 fully saturated rings. The number of methoxy groups -OCH3 is 1. The molecule has 2 rings (SSSR count). The van der Waals surface area contributed by atoms with Crippen LogP contribution >= 0.6 is 24.0 Å². The van der Waals surface area contributed by atoms with E-state index in [1.165, 1.54) is 52.1 Å². The summed E-state index contributed by atoms with van der Waals surface area (Å²) in [6.07, 6.45) is 11.3. The van der Waals surface area contributed by atoms with E-state index in [1.807, 2.05) is 7.05 Å². The van der Waals surface area contributed by atoms with E-state index >= 15 is 0 Å². The van der Waals surface area contributed by atoms with Gasteiger partial charge in [0.1, 0.15) is 0 Å². The number of carbonyl (C=O) groups is 1. The van der Waals surface area contributed by atoms with Crippen LogP contribution in [0.2, 0.25) is 0 Å². The Balaban J connectivity index is 0.00000312. The van der Waals surface area contributed by atoms with Gasteiger partial charge < -0.3 is 20.3 Å². The van der Waals surface area contributed by atoms with Gasteiger partial charge in [-0.2, -0.15) is 0 Å². The van der Waals surface area contributed by atoms with Crippen molar-refractivity contribution in [3.63, 3.8) is 0 Å². The van der Waals surface area contributed by atoms with Gasteiger partial charge in [0.15, 0.2) is 5.96 Å². The highest BCUT2D eigenvalue weighted by Crippen LogP contribution is 2.28. The fraction of sp³-hybridized carbons (Fsp3) is 0.889. The van der Waals surface area contributed by atoms with Crippen molar-refractivity contribution in [1.29, 1.82) is 0 Å². The lowest BCUT2D eigenvalue weighted by Gasteiger charge is -2.32. The van der Waals surface area contributed by atoms with Crippen LogP contribution in [0.25, 0.3) is 0 Å². The van der Waals surface area contributed by atoms with Gasteiger partial charge in [0.2, 0.25) is 0 Å². The van der Waals surface area contributed by atoms with Gasteiger partial charge in [0, 0.05) is 32.7 Å². The Labute approximate surface area is 169 Å². The van der Waals surface area contributed by atoms with E-state index in [0.29, 0.717) is 6.04 Å². The molecule has 1 aliphatic carbocycles. The fourth-order valence-corrected chi connectivity index (χ4v) is 3.79. The number of guanidine groups is 1. The number of likely N-dealkylation sites (tertiary alicyclic amines) is 1. The zero-order chi connectivity index (χ0) is 17.2. The molecule has 25 heavy (non-hydrogen) atoms. The molecule has 146 valence electrons. The number of nitrogens with one attached hydrogen (secondary N) is 2. The maximum Gasteiger partial charge on any atom is 0.409 e. The topological polar surface area (TPSA) is 66.0 Å². The summed E-state index contributed by atoms with van der Waals surface area (Å²) in [5.74, 6) is 1.87. The number of halogens is 1. The summed E-state index contributed by atoms with van der Waals surface area (Å²) in [5.41, 5.74) is 0. The molecule has 0 spiro atoms. The SMILES string of the molecule is CN=C(NCCCCC1CCCC1)NC1CCN(C(=O)OC)CC1.I. The van der Waals surface area contributed by atoms with Crippen molar-refractivity contribution in [3.8, 4) is 0 Å². The van der Waals surface area contributed by atoms with Crippen molar-refractivity contribution in [2.45, 2.75) is 63.8 Å². The number of hydrogen-bond donors (Lipinski definition) is 2. The lowest BCUT2D eigenvalue weighted by Crippen LogP contribution is -2.49.